The second kappa shape index (κ2) is 4.99. The SMILES string of the molecule is CC(=O)Nc1cccc(C(C)(C)CC(=O)O)c1. The number of aliphatic carboxylic acids is 1. The highest BCUT2D eigenvalue weighted by molar-refractivity contribution is 5.88. The molecule has 0 heterocycles. The van der Waals surface area contributed by atoms with Crippen molar-refractivity contribution in [1.82, 2.24) is 0 Å². The van der Waals surface area contributed by atoms with Crippen molar-refractivity contribution in [2.75, 3.05) is 5.32 Å². The number of anilines is 1. The summed E-state index contributed by atoms with van der Waals surface area (Å²) in [5.74, 6) is -0.974. The van der Waals surface area contributed by atoms with Crippen LogP contribution in [-0.2, 0) is 15.0 Å². The van der Waals surface area contributed by atoms with E-state index in [0.29, 0.717) is 5.69 Å². The van der Waals surface area contributed by atoms with Crippen molar-refractivity contribution in [2.24, 2.45) is 0 Å². The third kappa shape index (κ3) is 3.90. The van der Waals surface area contributed by atoms with E-state index in [1.54, 1.807) is 6.07 Å². The van der Waals surface area contributed by atoms with Gasteiger partial charge in [0.25, 0.3) is 0 Å². The second-order valence-electron chi connectivity index (χ2n) is 4.72. The quantitative estimate of drug-likeness (QED) is 0.842. The van der Waals surface area contributed by atoms with Gasteiger partial charge in [-0.15, -0.1) is 0 Å². The molecule has 1 rings (SSSR count). The van der Waals surface area contributed by atoms with Crippen LogP contribution in [0.15, 0.2) is 24.3 Å². The first-order valence-corrected chi connectivity index (χ1v) is 5.41. The molecule has 17 heavy (non-hydrogen) atoms. The summed E-state index contributed by atoms with van der Waals surface area (Å²) in [6.45, 7) is 5.18. The molecular weight excluding hydrogens is 218 g/mol. The van der Waals surface area contributed by atoms with Crippen LogP contribution >= 0.6 is 0 Å². The predicted molar refractivity (Wildman–Crippen MR) is 66.0 cm³/mol. The van der Waals surface area contributed by atoms with Gasteiger partial charge in [0.1, 0.15) is 0 Å². The van der Waals surface area contributed by atoms with Gasteiger partial charge in [-0.05, 0) is 17.7 Å². The van der Waals surface area contributed by atoms with E-state index >= 15 is 0 Å². The molecule has 92 valence electrons. The highest BCUT2D eigenvalue weighted by Crippen LogP contribution is 2.28. The zero-order chi connectivity index (χ0) is 13.1. The normalized spacial score (nSPS) is 11.0. The molecule has 0 fully saturated rings. The molecule has 0 aliphatic carbocycles. The van der Waals surface area contributed by atoms with E-state index in [-0.39, 0.29) is 12.3 Å². The molecule has 0 aliphatic rings. The van der Waals surface area contributed by atoms with E-state index in [1.165, 1.54) is 6.92 Å². The molecule has 2 N–H and O–H groups in total. The van der Waals surface area contributed by atoms with Crippen molar-refractivity contribution in [2.45, 2.75) is 32.6 Å². The number of nitrogens with one attached hydrogen (secondary N) is 1. The number of carbonyl (C=O) groups excluding carboxylic acids is 1. The molecule has 1 aromatic rings. The lowest BCUT2D eigenvalue weighted by Crippen LogP contribution is -2.21. The van der Waals surface area contributed by atoms with Gasteiger partial charge in [-0.3, -0.25) is 9.59 Å². The first-order chi connectivity index (χ1) is 7.81. The second-order valence-corrected chi connectivity index (χ2v) is 4.72. The molecular formula is C13H17NO3. The molecule has 0 saturated carbocycles. The Labute approximate surface area is 101 Å². The van der Waals surface area contributed by atoms with Crippen LogP contribution < -0.4 is 5.32 Å². The van der Waals surface area contributed by atoms with E-state index in [4.69, 9.17) is 5.11 Å². The van der Waals surface area contributed by atoms with Crippen molar-refractivity contribution in [1.29, 1.82) is 0 Å². The van der Waals surface area contributed by atoms with Crippen molar-refractivity contribution in [3.05, 3.63) is 29.8 Å². The van der Waals surface area contributed by atoms with Gasteiger partial charge in [0.05, 0.1) is 6.42 Å². The van der Waals surface area contributed by atoms with Crippen molar-refractivity contribution in [3.8, 4) is 0 Å². The minimum Gasteiger partial charge on any atom is -0.481 e. The lowest BCUT2D eigenvalue weighted by molar-refractivity contribution is -0.138. The van der Waals surface area contributed by atoms with Gasteiger partial charge in [0.2, 0.25) is 5.91 Å². The Morgan fingerprint density at radius 1 is 1.35 bits per heavy atom. The number of hydrogen-bond acceptors (Lipinski definition) is 2. The Morgan fingerprint density at radius 2 is 2.00 bits per heavy atom. The van der Waals surface area contributed by atoms with E-state index in [2.05, 4.69) is 5.32 Å². The first kappa shape index (κ1) is 13.2. The van der Waals surface area contributed by atoms with Crippen LogP contribution in [0.2, 0.25) is 0 Å². The standard InChI is InChI=1S/C13H17NO3/c1-9(15)14-11-6-4-5-10(7-11)13(2,3)8-12(16)17/h4-7H,8H2,1-3H3,(H,14,15)(H,16,17). The summed E-state index contributed by atoms with van der Waals surface area (Å²) in [6.07, 6.45) is 0.0521. The van der Waals surface area contributed by atoms with E-state index < -0.39 is 11.4 Å². The van der Waals surface area contributed by atoms with Crippen LogP contribution in [0.25, 0.3) is 0 Å². The van der Waals surface area contributed by atoms with Gasteiger partial charge in [0, 0.05) is 18.0 Å². The summed E-state index contributed by atoms with van der Waals surface area (Å²) in [5.41, 5.74) is 1.12. The topological polar surface area (TPSA) is 66.4 Å². The minimum atomic E-state index is -0.833. The van der Waals surface area contributed by atoms with Crippen molar-refractivity contribution >= 4 is 17.6 Å². The fourth-order valence-corrected chi connectivity index (χ4v) is 1.70. The molecule has 1 amide bonds. The van der Waals surface area contributed by atoms with Crippen LogP contribution in [-0.4, -0.2) is 17.0 Å². The first-order valence-electron chi connectivity index (χ1n) is 5.41. The fraction of sp³-hybridized carbons (Fsp3) is 0.385. The molecule has 0 aromatic heterocycles. The van der Waals surface area contributed by atoms with E-state index in [9.17, 15) is 9.59 Å². The van der Waals surface area contributed by atoms with Gasteiger partial charge in [-0.1, -0.05) is 26.0 Å². The van der Waals surface area contributed by atoms with Gasteiger partial charge < -0.3 is 10.4 Å². The number of rotatable bonds is 4. The average Bonchev–Trinajstić information content (AvgIpc) is 2.15. The monoisotopic (exact) mass is 235 g/mol. The number of hydrogen-bond donors (Lipinski definition) is 2. The van der Waals surface area contributed by atoms with Gasteiger partial charge in [-0.2, -0.15) is 0 Å². The maximum absolute atomic E-state index is 10.9. The molecule has 1 aromatic carbocycles. The molecule has 0 radical (unpaired) electrons. The number of carbonyl (C=O) groups is 2. The van der Waals surface area contributed by atoms with Crippen molar-refractivity contribution < 1.29 is 14.7 Å². The van der Waals surface area contributed by atoms with Crippen LogP contribution in [0.5, 0.6) is 0 Å². The number of carboxylic acids is 1. The lowest BCUT2D eigenvalue weighted by atomic mass is 9.81. The molecule has 4 heteroatoms. The summed E-state index contributed by atoms with van der Waals surface area (Å²) >= 11 is 0. The predicted octanol–water partition coefficient (Wildman–Crippen LogP) is 2.40. The highest BCUT2D eigenvalue weighted by atomic mass is 16.4. The Bertz CT molecular complexity index is 438. The van der Waals surface area contributed by atoms with Crippen LogP contribution in [0.4, 0.5) is 5.69 Å². The number of amides is 1. The van der Waals surface area contributed by atoms with Crippen LogP contribution in [0.1, 0.15) is 32.8 Å². The molecule has 0 saturated heterocycles. The number of carboxylic acid groups (broad SMARTS) is 1. The third-order valence-corrected chi connectivity index (χ3v) is 2.56. The molecule has 0 bridgehead atoms. The Kier molecular flexibility index (Phi) is 3.89. The van der Waals surface area contributed by atoms with Crippen molar-refractivity contribution in [3.63, 3.8) is 0 Å². The summed E-state index contributed by atoms with van der Waals surface area (Å²) in [6, 6.07) is 7.27. The Morgan fingerprint density at radius 3 is 2.53 bits per heavy atom. The summed E-state index contributed by atoms with van der Waals surface area (Å²) < 4.78 is 0. The lowest BCUT2D eigenvalue weighted by Gasteiger charge is -2.23. The molecule has 0 spiro atoms. The van der Waals surface area contributed by atoms with Gasteiger partial charge >= 0.3 is 5.97 Å². The zero-order valence-electron chi connectivity index (χ0n) is 10.3. The fourth-order valence-electron chi connectivity index (χ4n) is 1.70. The Balaban J connectivity index is 2.97. The molecule has 0 aliphatic heterocycles. The van der Waals surface area contributed by atoms with Gasteiger partial charge in [0.15, 0.2) is 0 Å². The highest BCUT2D eigenvalue weighted by Gasteiger charge is 2.24. The third-order valence-electron chi connectivity index (χ3n) is 2.56. The summed E-state index contributed by atoms with van der Waals surface area (Å²) in [5, 5.41) is 11.5. The van der Waals surface area contributed by atoms with Crippen LogP contribution in [0.3, 0.4) is 0 Å². The number of benzene rings is 1. The smallest absolute Gasteiger partial charge is 0.304 e. The minimum absolute atomic E-state index is 0.0521. The van der Waals surface area contributed by atoms with E-state index in [1.807, 2.05) is 32.0 Å². The van der Waals surface area contributed by atoms with E-state index in [0.717, 1.165) is 5.56 Å². The zero-order valence-corrected chi connectivity index (χ0v) is 10.3. The van der Waals surface area contributed by atoms with Gasteiger partial charge in [-0.25, -0.2) is 0 Å². The largest absolute Gasteiger partial charge is 0.481 e. The Hall–Kier alpha value is -1.84. The maximum Gasteiger partial charge on any atom is 0.304 e. The molecule has 0 atom stereocenters. The molecule has 0 unspecified atom stereocenters. The maximum atomic E-state index is 10.9. The van der Waals surface area contributed by atoms with Crippen LogP contribution in [0, 0.1) is 0 Å². The summed E-state index contributed by atoms with van der Waals surface area (Å²) in [4.78, 5) is 21.7. The average molecular weight is 235 g/mol. The molecule has 4 nitrogen and oxygen atoms in total. The summed E-state index contributed by atoms with van der Waals surface area (Å²) in [7, 11) is 0.